The van der Waals surface area contributed by atoms with Crippen LogP contribution in [-0.2, 0) is 4.79 Å². The molecule has 1 aromatic heterocycles. The van der Waals surface area contributed by atoms with E-state index in [0.717, 1.165) is 5.69 Å². The number of carbonyl (C=O) groups is 1. The first-order valence-electron chi connectivity index (χ1n) is 5.67. The van der Waals surface area contributed by atoms with E-state index in [9.17, 15) is 4.79 Å². The van der Waals surface area contributed by atoms with Gasteiger partial charge in [-0.3, -0.25) is 0 Å². The number of ether oxygens (including phenoxy) is 1. The van der Waals surface area contributed by atoms with E-state index in [1.165, 1.54) is 13.0 Å². The Morgan fingerprint density at radius 2 is 2.16 bits per heavy atom. The van der Waals surface area contributed by atoms with Crippen LogP contribution in [0, 0.1) is 0 Å². The fourth-order valence-electron chi connectivity index (χ4n) is 1.35. The van der Waals surface area contributed by atoms with Gasteiger partial charge in [0.25, 0.3) is 0 Å². The summed E-state index contributed by atoms with van der Waals surface area (Å²) in [5.41, 5.74) is 1.10. The zero-order valence-electron chi connectivity index (χ0n) is 10.4. The van der Waals surface area contributed by atoms with Gasteiger partial charge in [0.05, 0.1) is 5.69 Å². The first-order chi connectivity index (χ1) is 9.16. The Kier molecular flexibility index (Phi) is 3.92. The molecule has 0 radical (unpaired) electrons. The van der Waals surface area contributed by atoms with E-state index in [-0.39, 0.29) is 18.2 Å². The molecule has 0 amide bonds. The molecule has 6 nitrogen and oxygen atoms in total. The quantitative estimate of drug-likeness (QED) is 0.826. The molecule has 98 valence electrons. The number of hydrogen-bond donors (Lipinski definition) is 1. The molecule has 0 fully saturated rings. The Hall–Kier alpha value is -2.63. The largest absolute Gasteiger partial charge is 0.478 e. The molecular formula is C13H13N3O3. The van der Waals surface area contributed by atoms with Gasteiger partial charge in [0.1, 0.15) is 12.9 Å². The number of nitrogens with zero attached hydrogens (tertiary/aromatic N) is 3. The second-order valence-corrected chi connectivity index (χ2v) is 3.81. The fraction of sp³-hybridized carbons (Fsp3) is 0.154. The Morgan fingerprint density at radius 1 is 1.42 bits per heavy atom. The Morgan fingerprint density at radius 3 is 2.84 bits per heavy atom. The van der Waals surface area contributed by atoms with Gasteiger partial charge in [-0.05, 0) is 25.1 Å². The molecule has 0 aliphatic carbocycles. The van der Waals surface area contributed by atoms with Gasteiger partial charge >= 0.3 is 12.0 Å². The number of para-hydroxylation sites is 1. The highest BCUT2D eigenvalue weighted by Crippen LogP contribution is 2.08. The summed E-state index contributed by atoms with van der Waals surface area (Å²) in [4.78, 5) is 14.6. The van der Waals surface area contributed by atoms with Gasteiger partial charge in [-0.2, -0.15) is 4.98 Å². The summed E-state index contributed by atoms with van der Waals surface area (Å²) in [5, 5.41) is 12.8. The molecule has 2 aromatic rings. The molecule has 0 spiro atoms. The maximum absolute atomic E-state index is 10.6. The Bertz CT molecular complexity index is 590. The molecule has 0 saturated carbocycles. The number of aromatic nitrogens is 3. The van der Waals surface area contributed by atoms with Crippen molar-refractivity contribution in [3.8, 4) is 11.7 Å². The SMILES string of the molecule is C/C(=C/COc1ncn(-c2ccccc2)n1)C(=O)O. The average molecular weight is 259 g/mol. The van der Waals surface area contributed by atoms with E-state index in [1.807, 2.05) is 30.3 Å². The van der Waals surface area contributed by atoms with E-state index in [2.05, 4.69) is 10.1 Å². The molecule has 0 aliphatic rings. The first-order valence-corrected chi connectivity index (χ1v) is 5.67. The van der Waals surface area contributed by atoms with Crippen molar-refractivity contribution in [2.75, 3.05) is 6.61 Å². The van der Waals surface area contributed by atoms with Gasteiger partial charge in [-0.15, -0.1) is 5.10 Å². The lowest BCUT2D eigenvalue weighted by Crippen LogP contribution is -2.02. The van der Waals surface area contributed by atoms with Crippen molar-refractivity contribution >= 4 is 5.97 Å². The van der Waals surface area contributed by atoms with Gasteiger partial charge in [0.15, 0.2) is 0 Å². The monoisotopic (exact) mass is 259 g/mol. The normalized spacial score (nSPS) is 11.3. The van der Waals surface area contributed by atoms with E-state index >= 15 is 0 Å². The Labute approximate surface area is 110 Å². The van der Waals surface area contributed by atoms with E-state index in [4.69, 9.17) is 9.84 Å². The standard InChI is InChI=1S/C13H13N3O3/c1-10(12(17)18)7-8-19-13-14-9-16(15-13)11-5-3-2-4-6-11/h2-7,9H,8H2,1H3,(H,17,18)/b10-7-. The van der Waals surface area contributed by atoms with Crippen molar-refractivity contribution in [1.82, 2.24) is 14.8 Å². The Balaban J connectivity index is 1.99. The molecule has 0 saturated heterocycles. The minimum Gasteiger partial charge on any atom is -0.478 e. The van der Waals surface area contributed by atoms with Gasteiger partial charge in [0, 0.05) is 5.57 Å². The zero-order chi connectivity index (χ0) is 13.7. The number of benzene rings is 1. The molecule has 19 heavy (non-hydrogen) atoms. The number of hydrogen-bond acceptors (Lipinski definition) is 4. The van der Waals surface area contributed by atoms with Gasteiger partial charge in [-0.1, -0.05) is 18.2 Å². The third-order valence-corrected chi connectivity index (χ3v) is 2.43. The lowest BCUT2D eigenvalue weighted by atomic mass is 10.3. The number of carboxylic acids is 1. The molecule has 0 bridgehead atoms. The van der Waals surface area contributed by atoms with Crippen LogP contribution in [0.25, 0.3) is 5.69 Å². The van der Waals surface area contributed by atoms with Crippen molar-refractivity contribution in [3.63, 3.8) is 0 Å². The van der Waals surface area contributed by atoms with Crippen LogP contribution in [0.2, 0.25) is 0 Å². The molecule has 0 atom stereocenters. The van der Waals surface area contributed by atoms with Crippen LogP contribution in [0.4, 0.5) is 0 Å². The smallest absolute Gasteiger partial charge is 0.336 e. The number of rotatable bonds is 5. The molecule has 1 N–H and O–H groups in total. The van der Waals surface area contributed by atoms with E-state index in [1.54, 1.807) is 11.0 Å². The topological polar surface area (TPSA) is 77.2 Å². The fourth-order valence-corrected chi connectivity index (χ4v) is 1.35. The van der Waals surface area contributed by atoms with Crippen LogP contribution < -0.4 is 4.74 Å². The highest BCUT2D eigenvalue weighted by atomic mass is 16.5. The van der Waals surface area contributed by atoms with Crippen molar-refractivity contribution in [2.24, 2.45) is 0 Å². The van der Waals surface area contributed by atoms with E-state index < -0.39 is 5.97 Å². The maximum atomic E-state index is 10.6. The third kappa shape index (κ3) is 3.41. The van der Waals surface area contributed by atoms with Crippen LogP contribution >= 0.6 is 0 Å². The summed E-state index contributed by atoms with van der Waals surface area (Å²) in [6, 6.07) is 9.71. The van der Waals surface area contributed by atoms with Crippen LogP contribution in [0.3, 0.4) is 0 Å². The first kappa shape index (κ1) is 12.8. The highest BCUT2D eigenvalue weighted by molar-refractivity contribution is 5.85. The molecule has 1 heterocycles. The number of aliphatic carboxylic acids is 1. The summed E-state index contributed by atoms with van der Waals surface area (Å²) in [6.45, 7) is 1.62. The zero-order valence-corrected chi connectivity index (χ0v) is 10.4. The lowest BCUT2D eigenvalue weighted by molar-refractivity contribution is -0.132. The summed E-state index contributed by atoms with van der Waals surface area (Å²) >= 11 is 0. The second kappa shape index (κ2) is 5.81. The summed E-state index contributed by atoms with van der Waals surface area (Å²) in [7, 11) is 0. The van der Waals surface area contributed by atoms with Crippen LogP contribution in [0.15, 0.2) is 48.3 Å². The minimum atomic E-state index is -0.966. The lowest BCUT2D eigenvalue weighted by Gasteiger charge is -1.99. The van der Waals surface area contributed by atoms with Crippen molar-refractivity contribution < 1.29 is 14.6 Å². The maximum Gasteiger partial charge on any atom is 0.336 e. The van der Waals surface area contributed by atoms with Crippen LogP contribution in [0.5, 0.6) is 6.01 Å². The molecule has 0 unspecified atom stereocenters. The van der Waals surface area contributed by atoms with Crippen molar-refractivity contribution in [3.05, 3.63) is 48.3 Å². The molecular weight excluding hydrogens is 246 g/mol. The van der Waals surface area contributed by atoms with Crippen LogP contribution in [0.1, 0.15) is 6.92 Å². The summed E-state index contributed by atoms with van der Waals surface area (Å²) < 4.78 is 6.83. The van der Waals surface area contributed by atoms with Gasteiger partial charge in [0.2, 0.25) is 0 Å². The predicted molar refractivity (Wildman–Crippen MR) is 68.2 cm³/mol. The number of carboxylic acid groups (broad SMARTS) is 1. The van der Waals surface area contributed by atoms with Gasteiger partial charge in [-0.25, -0.2) is 9.48 Å². The molecule has 0 aliphatic heterocycles. The highest BCUT2D eigenvalue weighted by Gasteiger charge is 2.03. The van der Waals surface area contributed by atoms with Crippen molar-refractivity contribution in [1.29, 1.82) is 0 Å². The molecule has 1 aromatic carbocycles. The average Bonchev–Trinajstić information content (AvgIpc) is 2.88. The van der Waals surface area contributed by atoms with E-state index in [0.29, 0.717) is 0 Å². The predicted octanol–water partition coefficient (Wildman–Crippen LogP) is 1.68. The molecule has 6 heteroatoms. The second-order valence-electron chi connectivity index (χ2n) is 3.81. The molecule has 2 rings (SSSR count). The summed E-state index contributed by atoms with van der Waals surface area (Å²) in [6.07, 6.45) is 3.00. The van der Waals surface area contributed by atoms with Gasteiger partial charge < -0.3 is 9.84 Å². The summed E-state index contributed by atoms with van der Waals surface area (Å²) in [5.74, 6) is -0.966. The van der Waals surface area contributed by atoms with Crippen LogP contribution in [-0.4, -0.2) is 32.4 Å². The third-order valence-electron chi connectivity index (χ3n) is 2.43. The minimum absolute atomic E-state index is 0.122. The van der Waals surface area contributed by atoms with Crippen molar-refractivity contribution in [2.45, 2.75) is 6.92 Å².